The molecule has 0 aromatic heterocycles. The van der Waals surface area contributed by atoms with Crippen molar-refractivity contribution in [1.82, 2.24) is 10.2 Å². The smallest absolute Gasteiger partial charge is 0.325 e. The molecule has 9 heteroatoms. The molecule has 1 fully saturated rings. The SMILES string of the molecule is O=C(CCN1CCOC(c2ccc(F)cc2)C1)NC(=O)Nc1ccc2c(c1)OCCO2. The number of nitrogens with zero attached hydrogens (tertiary/aromatic N) is 1. The largest absolute Gasteiger partial charge is 0.486 e. The van der Waals surface area contributed by atoms with Crippen LogP contribution in [0.3, 0.4) is 0 Å². The topological polar surface area (TPSA) is 89.1 Å². The summed E-state index contributed by atoms with van der Waals surface area (Å²) >= 11 is 0. The molecule has 8 nitrogen and oxygen atoms in total. The number of benzene rings is 2. The fourth-order valence-corrected chi connectivity index (χ4v) is 3.52. The van der Waals surface area contributed by atoms with Gasteiger partial charge in [0.2, 0.25) is 5.91 Å². The van der Waals surface area contributed by atoms with E-state index in [1.807, 2.05) is 0 Å². The highest BCUT2D eigenvalue weighted by Gasteiger charge is 2.22. The van der Waals surface area contributed by atoms with Crippen molar-refractivity contribution in [1.29, 1.82) is 0 Å². The number of imide groups is 1. The molecule has 2 N–H and O–H groups in total. The van der Waals surface area contributed by atoms with Gasteiger partial charge in [0.25, 0.3) is 0 Å². The minimum atomic E-state index is -0.604. The summed E-state index contributed by atoms with van der Waals surface area (Å²) in [6.45, 7) is 3.24. The first-order valence-corrected chi connectivity index (χ1v) is 10.2. The number of anilines is 1. The van der Waals surface area contributed by atoms with Gasteiger partial charge in [-0.2, -0.15) is 0 Å². The summed E-state index contributed by atoms with van der Waals surface area (Å²) in [6, 6.07) is 10.7. The van der Waals surface area contributed by atoms with Gasteiger partial charge in [-0.25, -0.2) is 9.18 Å². The van der Waals surface area contributed by atoms with Gasteiger partial charge in [0, 0.05) is 37.8 Å². The van der Waals surface area contributed by atoms with E-state index in [1.165, 1.54) is 12.1 Å². The molecule has 0 aliphatic carbocycles. The zero-order valence-electron chi connectivity index (χ0n) is 16.9. The molecular formula is C22H24FN3O5. The molecule has 31 heavy (non-hydrogen) atoms. The van der Waals surface area contributed by atoms with Crippen LogP contribution in [-0.4, -0.2) is 56.3 Å². The van der Waals surface area contributed by atoms with Crippen LogP contribution in [-0.2, 0) is 9.53 Å². The zero-order chi connectivity index (χ0) is 21.6. The van der Waals surface area contributed by atoms with Crippen molar-refractivity contribution in [2.24, 2.45) is 0 Å². The summed E-state index contributed by atoms with van der Waals surface area (Å²) in [4.78, 5) is 26.4. The first-order valence-electron chi connectivity index (χ1n) is 10.2. The van der Waals surface area contributed by atoms with Crippen LogP contribution in [0.2, 0.25) is 0 Å². The Hall–Kier alpha value is -3.17. The first-order chi connectivity index (χ1) is 15.1. The lowest BCUT2D eigenvalue weighted by Crippen LogP contribution is -2.41. The third-order valence-electron chi connectivity index (χ3n) is 5.10. The first kappa shape index (κ1) is 21.1. The Balaban J connectivity index is 1.22. The average molecular weight is 429 g/mol. The molecule has 0 spiro atoms. The maximum absolute atomic E-state index is 13.1. The number of ether oxygens (including phenoxy) is 3. The Labute approximate surface area is 179 Å². The van der Waals surface area contributed by atoms with E-state index >= 15 is 0 Å². The van der Waals surface area contributed by atoms with E-state index in [0.717, 1.165) is 5.56 Å². The second kappa shape index (κ2) is 9.76. The van der Waals surface area contributed by atoms with Crippen molar-refractivity contribution in [3.05, 3.63) is 53.8 Å². The number of urea groups is 1. The van der Waals surface area contributed by atoms with Crippen molar-refractivity contribution in [2.75, 3.05) is 44.8 Å². The van der Waals surface area contributed by atoms with Crippen molar-refractivity contribution < 1.29 is 28.2 Å². The predicted molar refractivity (Wildman–Crippen MR) is 111 cm³/mol. The van der Waals surface area contributed by atoms with Gasteiger partial charge in [0.1, 0.15) is 19.0 Å². The van der Waals surface area contributed by atoms with E-state index in [-0.39, 0.29) is 24.2 Å². The van der Waals surface area contributed by atoms with E-state index < -0.39 is 6.03 Å². The third-order valence-corrected chi connectivity index (χ3v) is 5.10. The second-order valence-electron chi connectivity index (χ2n) is 7.32. The maximum Gasteiger partial charge on any atom is 0.325 e. The van der Waals surface area contributed by atoms with Gasteiger partial charge in [-0.05, 0) is 29.8 Å². The minimum absolute atomic E-state index is 0.170. The molecule has 0 radical (unpaired) electrons. The van der Waals surface area contributed by atoms with E-state index in [2.05, 4.69) is 15.5 Å². The summed E-state index contributed by atoms with van der Waals surface area (Å²) in [5.41, 5.74) is 1.40. The van der Waals surface area contributed by atoms with E-state index in [9.17, 15) is 14.0 Å². The van der Waals surface area contributed by atoms with Crippen molar-refractivity contribution in [2.45, 2.75) is 12.5 Å². The quantitative estimate of drug-likeness (QED) is 0.760. The Morgan fingerprint density at radius 3 is 2.61 bits per heavy atom. The van der Waals surface area contributed by atoms with Crippen LogP contribution in [0.5, 0.6) is 11.5 Å². The summed E-state index contributed by atoms with van der Waals surface area (Å²) < 4.78 is 29.8. The normalized spacial score (nSPS) is 18.3. The number of nitrogens with one attached hydrogen (secondary N) is 2. The van der Waals surface area contributed by atoms with E-state index in [4.69, 9.17) is 14.2 Å². The van der Waals surface area contributed by atoms with Crippen LogP contribution in [0.15, 0.2) is 42.5 Å². The van der Waals surface area contributed by atoms with Crippen LogP contribution in [0.1, 0.15) is 18.1 Å². The number of carbonyl (C=O) groups excluding carboxylic acids is 2. The number of carbonyl (C=O) groups is 2. The standard InChI is InChI=1S/C22H24FN3O5/c23-16-3-1-15(2-4-16)20-14-26(9-10-29-20)8-7-21(27)25-22(28)24-17-5-6-18-19(13-17)31-12-11-30-18/h1-6,13,20H,7-12,14H2,(H2,24,25,27,28). The van der Waals surface area contributed by atoms with Gasteiger partial charge in [0.05, 0.1) is 12.7 Å². The number of hydrogen-bond donors (Lipinski definition) is 2. The molecule has 1 unspecified atom stereocenters. The van der Waals surface area contributed by atoms with Gasteiger partial charge < -0.3 is 19.5 Å². The number of amides is 3. The summed E-state index contributed by atoms with van der Waals surface area (Å²) in [6.07, 6.45) is 0.000879. The highest BCUT2D eigenvalue weighted by Crippen LogP contribution is 2.32. The molecular weight excluding hydrogens is 405 g/mol. The lowest BCUT2D eigenvalue weighted by molar-refractivity contribution is -0.120. The minimum Gasteiger partial charge on any atom is -0.486 e. The number of rotatable bonds is 5. The molecule has 3 amide bonds. The monoisotopic (exact) mass is 429 g/mol. The fourth-order valence-electron chi connectivity index (χ4n) is 3.52. The van der Waals surface area contributed by atoms with E-state index in [0.29, 0.717) is 56.6 Å². The lowest BCUT2D eigenvalue weighted by atomic mass is 10.1. The predicted octanol–water partition coefficient (Wildman–Crippen LogP) is 2.71. The molecule has 2 aliphatic rings. The number of halogens is 1. The van der Waals surface area contributed by atoms with Crippen molar-refractivity contribution >= 4 is 17.6 Å². The number of fused-ring (bicyclic) bond motifs is 1. The molecule has 2 aromatic carbocycles. The zero-order valence-corrected chi connectivity index (χ0v) is 16.9. The van der Waals surface area contributed by atoms with Gasteiger partial charge in [0.15, 0.2) is 11.5 Å². The molecule has 0 bridgehead atoms. The molecule has 1 atom stereocenters. The molecule has 4 rings (SSSR count). The maximum atomic E-state index is 13.1. The molecule has 2 heterocycles. The van der Waals surface area contributed by atoms with Crippen LogP contribution in [0, 0.1) is 5.82 Å². The second-order valence-corrected chi connectivity index (χ2v) is 7.32. The van der Waals surface area contributed by atoms with Gasteiger partial charge in [-0.3, -0.25) is 15.0 Å². The van der Waals surface area contributed by atoms with Crippen LogP contribution in [0.25, 0.3) is 0 Å². The molecule has 0 saturated carbocycles. The Morgan fingerprint density at radius 1 is 1.03 bits per heavy atom. The van der Waals surface area contributed by atoms with Crippen LogP contribution >= 0.6 is 0 Å². The summed E-state index contributed by atoms with van der Waals surface area (Å²) in [7, 11) is 0. The van der Waals surface area contributed by atoms with E-state index in [1.54, 1.807) is 30.3 Å². The lowest BCUT2D eigenvalue weighted by Gasteiger charge is -2.33. The Kier molecular flexibility index (Phi) is 6.63. The molecule has 2 aliphatic heterocycles. The van der Waals surface area contributed by atoms with Crippen molar-refractivity contribution in [3.8, 4) is 11.5 Å². The van der Waals surface area contributed by atoms with Crippen molar-refractivity contribution in [3.63, 3.8) is 0 Å². The highest BCUT2D eigenvalue weighted by molar-refractivity contribution is 6.01. The summed E-state index contributed by atoms with van der Waals surface area (Å²) in [5.74, 6) is 0.513. The fraction of sp³-hybridized carbons (Fsp3) is 0.364. The van der Waals surface area contributed by atoms with Crippen LogP contribution in [0.4, 0.5) is 14.9 Å². The Bertz CT molecular complexity index is 937. The molecule has 2 aromatic rings. The number of hydrogen-bond acceptors (Lipinski definition) is 6. The Morgan fingerprint density at radius 2 is 1.81 bits per heavy atom. The van der Waals surface area contributed by atoms with Gasteiger partial charge >= 0.3 is 6.03 Å². The molecule has 164 valence electrons. The average Bonchev–Trinajstić information content (AvgIpc) is 2.78. The van der Waals surface area contributed by atoms with Crippen LogP contribution < -0.4 is 20.1 Å². The summed E-state index contributed by atoms with van der Waals surface area (Å²) in [5, 5.41) is 4.96. The van der Waals surface area contributed by atoms with Gasteiger partial charge in [-0.15, -0.1) is 0 Å². The third kappa shape index (κ3) is 5.71. The van der Waals surface area contributed by atoms with Gasteiger partial charge in [-0.1, -0.05) is 12.1 Å². The molecule has 1 saturated heterocycles. The highest BCUT2D eigenvalue weighted by atomic mass is 19.1. The number of morpholine rings is 1.